The highest BCUT2D eigenvalue weighted by Crippen LogP contribution is 2.35. The molecule has 2 rings (SSSR count). The van der Waals surface area contributed by atoms with E-state index in [1.165, 1.54) is 0 Å². The zero-order chi connectivity index (χ0) is 21.0. The van der Waals surface area contributed by atoms with Crippen LogP contribution in [0, 0.1) is 6.92 Å². The first-order chi connectivity index (χ1) is 13.2. The van der Waals surface area contributed by atoms with Crippen molar-refractivity contribution in [1.29, 1.82) is 0 Å². The lowest BCUT2D eigenvalue weighted by Crippen LogP contribution is -2.53. The van der Waals surface area contributed by atoms with Gasteiger partial charge < -0.3 is 14.4 Å². The average molecular weight is 431 g/mol. The number of nitrogens with one attached hydrogen (secondary N) is 1. The van der Waals surface area contributed by atoms with Gasteiger partial charge in [0.2, 0.25) is 0 Å². The molecule has 2 heterocycles. The Balaban J connectivity index is 2.34. The van der Waals surface area contributed by atoms with Crippen LogP contribution in [0.4, 0.5) is 9.80 Å². The quantitative estimate of drug-likeness (QED) is 0.721. The Hall–Kier alpha value is -1.94. The van der Waals surface area contributed by atoms with Crippen molar-refractivity contribution in [2.75, 3.05) is 30.8 Å². The molecule has 28 heavy (non-hydrogen) atoms. The van der Waals surface area contributed by atoms with Gasteiger partial charge in [-0.05, 0) is 40.2 Å². The summed E-state index contributed by atoms with van der Waals surface area (Å²) in [5.74, 6) is -0.754. The fourth-order valence-corrected chi connectivity index (χ4v) is 5.36. The third-order valence-corrected chi connectivity index (χ3v) is 7.68. The first kappa shape index (κ1) is 22.4. The molecule has 1 saturated heterocycles. The van der Waals surface area contributed by atoms with E-state index in [9.17, 15) is 18.6 Å². The van der Waals surface area contributed by atoms with E-state index in [0.29, 0.717) is 17.9 Å². The Morgan fingerprint density at radius 1 is 1.18 bits per heavy atom. The monoisotopic (exact) mass is 430 g/mol. The van der Waals surface area contributed by atoms with Gasteiger partial charge in [-0.25, -0.2) is 14.4 Å². The van der Waals surface area contributed by atoms with Crippen LogP contribution in [0.15, 0.2) is 0 Å². The number of thiophene rings is 1. The summed E-state index contributed by atoms with van der Waals surface area (Å²) in [6.07, 6.45) is 0. The number of carbonyl (C=O) groups excluding carboxylic acids is 3. The third-order valence-electron chi connectivity index (χ3n) is 4.69. The van der Waals surface area contributed by atoms with E-state index < -0.39 is 28.8 Å². The first-order valence-electron chi connectivity index (χ1n) is 9.15. The zero-order valence-electron chi connectivity index (χ0n) is 16.7. The van der Waals surface area contributed by atoms with Crippen molar-refractivity contribution in [3.63, 3.8) is 0 Å². The van der Waals surface area contributed by atoms with E-state index in [-0.39, 0.29) is 39.9 Å². The highest BCUT2D eigenvalue weighted by Gasteiger charge is 2.34. The van der Waals surface area contributed by atoms with Crippen molar-refractivity contribution in [3.8, 4) is 0 Å². The number of hydrogen-bond acceptors (Lipinski definition) is 7. The number of nitrogens with zero attached hydrogens (tertiary/aromatic N) is 1. The zero-order valence-corrected chi connectivity index (χ0v) is 18.3. The summed E-state index contributed by atoms with van der Waals surface area (Å²) in [5, 5.41) is 2.84. The van der Waals surface area contributed by atoms with Crippen molar-refractivity contribution in [3.05, 3.63) is 16.0 Å². The molecule has 8 nitrogen and oxygen atoms in total. The Morgan fingerprint density at radius 3 is 2.39 bits per heavy atom. The Labute approximate surface area is 171 Å². The van der Waals surface area contributed by atoms with Gasteiger partial charge in [0.1, 0.15) is 9.88 Å². The second kappa shape index (κ2) is 9.51. The molecule has 1 fully saturated rings. The van der Waals surface area contributed by atoms with Gasteiger partial charge in [-0.1, -0.05) is 0 Å². The van der Waals surface area contributed by atoms with Crippen molar-refractivity contribution in [2.24, 2.45) is 0 Å². The van der Waals surface area contributed by atoms with E-state index in [4.69, 9.17) is 9.47 Å². The lowest BCUT2D eigenvalue weighted by molar-refractivity contribution is 0.0527. The van der Waals surface area contributed by atoms with Crippen LogP contribution >= 0.6 is 11.3 Å². The molecule has 0 aromatic carbocycles. The normalized spacial score (nSPS) is 21.9. The van der Waals surface area contributed by atoms with E-state index >= 15 is 0 Å². The molecule has 1 aliphatic heterocycles. The second-order valence-corrected chi connectivity index (χ2v) is 9.29. The van der Waals surface area contributed by atoms with Crippen LogP contribution < -0.4 is 5.32 Å². The summed E-state index contributed by atoms with van der Waals surface area (Å²) in [6, 6.07) is -0.621. The van der Waals surface area contributed by atoms with E-state index in [2.05, 4.69) is 5.32 Å². The molecule has 156 valence electrons. The summed E-state index contributed by atoms with van der Waals surface area (Å²) in [5.41, 5.74) is 0.572. The van der Waals surface area contributed by atoms with Gasteiger partial charge >= 0.3 is 18.0 Å². The van der Waals surface area contributed by atoms with Crippen LogP contribution in [0.2, 0.25) is 0 Å². The summed E-state index contributed by atoms with van der Waals surface area (Å²) >= 11 is 0.989. The molecular formula is C18H26N2O6S2. The van der Waals surface area contributed by atoms with Gasteiger partial charge in [-0.2, -0.15) is 0 Å². The van der Waals surface area contributed by atoms with Crippen molar-refractivity contribution in [2.45, 2.75) is 45.9 Å². The van der Waals surface area contributed by atoms with Gasteiger partial charge in [0.05, 0.1) is 24.0 Å². The highest BCUT2D eigenvalue weighted by atomic mass is 32.2. The number of anilines is 1. The smallest absolute Gasteiger partial charge is 0.348 e. The highest BCUT2D eigenvalue weighted by molar-refractivity contribution is 7.85. The lowest BCUT2D eigenvalue weighted by atomic mass is 10.1. The topological polar surface area (TPSA) is 102 Å². The maximum Gasteiger partial charge on any atom is 0.348 e. The fraction of sp³-hybridized carbons (Fsp3) is 0.611. The summed E-state index contributed by atoms with van der Waals surface area (Å²) < 4.78 is 22.1. The minimum Gasteiger partial charge on any atom is -0.462 e. The first-order valence-corrected chi connectivity index (χ1v) is 11.3. The van der Waals surface area contributed by atoms with Crippen LogP contribution in [0.25, 0.3) is 0 Å². The molecule has 1 aliphatic rings. The second-order valence-electron chi connectivity index (χ2n) is 6.36. The van der Waals surface area contributed by atoms with Crippen LogP contribution in [0.1, 0.15) is 53.3 Å². The van der Waals surface area contributed by atoms with Crippen molar-refractivity contribution < 1.29 is 28.1 Å². The predicted octanol–water partition coefficient (Wildman–Crippen LogP) is 2.78. The molecule has 0 bridgehead atoms. The fourth-order valence-electron chi connectivity index (χ4n) is 2.95. The summed E-state index contributed by atoms with van der Waals surface area (Å²) in [4.78, 5) is 39.3. The van der Waals surface area contributed by atoms with Crippen molar-refractivity contribution >= 4 is 45.1 Å². The van der Waals surface area contributed by atoms with E-state index in [0.717, 1.165) is 11.3 Å². The Morgan fingerprint density at radius 2 is 1.79 bits per heavy atom. The molecule has 3 atom stereocenters. The minimum atomic E-state index is -0.976. The number of carbonyl (C=O) groups is 3. The Kier molecular flexibility index (Phi) is 7.59. The third kappa shape index (κ3) is 4.54. The Bertz CT molecular complexity index is 791. The predicted molar refractivity (Wildman–Crippen MR) is 109 cm³/mol. The lowest BCUT2D eigenvalue weighted by Gasteiger charge is -2.37. The molecule has 1 aromatic rings. The molecule has 0 unspecified atom stereocenters. The maximum absolute atomic E-state index is 12.8. The minimum absolute atomic E-state index is 0.149. The molecule has 1 aromatic heterocycles. The van der Waals surface area contributed by atoms with E-state index in [1.807, 2.05) is 13.8 Å². The molecular weight excluding hydrogens is 404 g/mol. The van der Waals surface area contributed by atoms with Gasteiger partial charge in [-0.3, -0.25) is 9.53 Å². The summed E-state index contributed by atoms with van der Waals surface area (Å²) in [7, 11) is -0.976. The van der Waals surface area contributed by atoms with E-state index in [1.54, 1.807) is 25.7 Å². The van der Waals surface area contributed by atoms with Crippen LogP contribution in [0.3, 0.4) is 0 Å². The number of ether oxygens (including phenoxy) is 2. The standard InChI is InChI=1S/C18H26N2O6S2/c1-6-25-16(21)13-10(3)14(17(22)26-7-2)27-15(13)19-18(23)20-8-9-28(24)12(5)11(20)4/h11-12H,6-9H2,1-5H3,(H,19,23)/t11-,12-,28+/m0/s1. The van der Waals surface area contributed by atoms with Gasteiger partial charge in [0, 0.05) is 29.1 Å². The molecule has 10 heteroatoms. The number of rotatable bonds is 5. The SMILES string of the molecule is CCOC(=O)c1sc(NC(=O)N2CC[S@@](=O)[C@@H](C)[C@@H]2C)c(C(=O)OCC)c1C. The molecule has 0 aliphatic carbocycles. The van der Waals surface area contributed by atoms with Gasteiger partial charge in [-0.15, -0.1) is 11.3 Å². The molecule has 0 saturated carbocycles. The van der Waals surface area contributed by atoms with Crippen LogP contribution in [-0.4, -0.2) is 63.9 Å². The largest absolute Gasteiger partial charge is 0.462 e. The summed E-state index contributed by atoms with van der Waals surface area (Å²) in [6.45, 7) is 9.41. The van der Waals surface area contributed by atoms with Gasteiger partial charge in [0.15, 0.2) is 0 Å². The van der Waals surface area contributed by atoms with Crippen LogP contribution in [0.5, 0.6) is 0 Å². The number of urea groups is 1. The van der Waals surface area contributed by atoms with Crippen molar-refractivity contribution in [1.82, 2.24) is 4.90 Å². The number of hydrogen-bond donors (Lipinski definition) is 1. The number of amides is 2. The molecule has 1 N–H and O–H groups in total. The van der Waals surface area contributed by atoms with Gasteiger partial charge in [0.25, 0.3) is 0 Å². The molecule has 2 amide bonds. The molecule has 0 spiro atoms. The number of esters is 2. The maximum atomic E-state index is 12.8. The average Bonchev–Trinajstić information content (AvgIpc) is 2.96. The van der Waals surface area contributed by atoms with Crippen LogP contribution in [-0.2, 0) is 20.3 Å². The molecule has 0 radical (unpaired) electrons.